The highest BCUT2D eigenvalue weighted by Crippen LogP contribution is 2.43. The molecule has 1 aliphatic carbocycles. The Morgan fingerprint density at radius 1 is 0.895 bits per heavy atom. The van der Waals surface area contributed by atoms with E-state index in [0.29, 0.717) is 17.3 Å². The van der Waals surface area contributed by atoms with Gasteiger partial charge in [0.25, 0.3) is 0 Å². The Morgan fingerprint density at radius 3 is 2.11 bits per heavy atom. The fraction of sp³-hybridized carbons (Fsp3) is 0.179. The molecule has 0 spiro atoms. The van der Waals surface area contributed by atoms with Gasteiger partial charge in [-0.25, -0.2) is 4.98 Å². The van der Waals surface area contributed by atoms with E-state index in [1.165, 1.54) is 26.0 Å². The molecule has 192 valence electrons. The first-order valence-electron chi connectivity index (χ1n) is 11.7. The summed E-state index contributed by atoms with van der Waals surface area (Å²) in [4.78, 5) is 59.8. The van der Waals surface area contributed by atoms with Gasteiger partial charge in [-0.15, -0.1) is 0 Å². The Kier molecular flexibility index (Phi) is 6.15. The first-order chi connectivity index (χ1) is 18.2. The van der Waals surface area contributed by atoms with Crippen LogP contribution in [-0.4, -0.2) is 42.6 Å². The largest absolute Gasteiger partial charge is 0.450 e. The van der Waals surface area contributed by atoms with Crippen LogP contribution in [0.4, 0.5) is 11.5 Å². The summed E-state index contributed by atoms with van der Waals surface area (Å²) in [5.74, 6) is -2.11. The second kappa shape index (κ2) is 9.47. The number of benzene rings is 2. The van der Waals surface area contributed by atoms with Gasteiger partial charge in [-0.2, -0.15) is 0 Å². The van der Waals surface area contributed by atoms with E-state index < -0.39 is 23.5 Å². The molecule has 2 aromatic carbocycles. The predicted molar refractivity (Wildman–Crippen MR) is 137 cm³/mol. The van der Waals surface area contributed by atoms with Crippen LogP contribution < -0.4 is 24.0 Å². The number of Topliss-reactive ketones (excluding diaryl/α,β-unsaturated/α-hetero) is 2. The van der Waals surface area contributed by atoms with Crippen LogP contribution >= 0.6 is 0 Å². The highest BCUT2D eigenvalue weighted by molar-refractivity contribution is 6.29. The van der Waals surface area contributed by atoms with E-state index in [4.69, 9.17) is 14.2 Å². The van der Waals surface area contributed by atoms with E-state index >= 15 is 0 Å². The van der Waals surface area contributed by atoms with Crippen molar-refractivity contribution in [2.24, 2.45) is 0 Å². The molecule has 3 aromatic rings. The van der Waals surface area contributed by atoms with E-state index in [1.54, 1.807) is 35.4 Å². The molecule has 0 radical (unpaired) electrons. The van der Waals surface area contributed by atoms with E-state index in [9.17, 15) is 19.2 Å². The summed E-state index contributed by atoms with van der Waals surface area (Å²) in [7, 11) is 3.71. The molecule has 10 heteroatoms. The average Bonchev–Trinajstić information content (AvgIpc) is 3.05. The maximum atomic E-state index is 14.2. The van der Waals surface area contributed by atoms with Crippen molar-refractivity contribution in [2.45, 2.75) is 20.4 Å². The number of ketones is 2. The van der Waals surface area contributed by atoms with Gasteiger partial charge in [0.05, 0.1) is 29.6 Å². The smallest absolute Gasteiger partial charge is 0.308 e. The molecular formula is C28H23N3O7. The molecule has 0 bridgehead atoms. The number of nitrogens with zero attached hydrogens (tertiary/aromatic N) is 3. The highest BCUT2D eigenvalue weighted by Gasteiger charge is 2.43. The Labute approximate surface area is 218 Å². The van der Waals surface area contributed by atoms with Crippen molar-refractivity contribution in [3.63, 3.8) is 0 Å². The molecule has 1 aromatic heterocycles. The lowest BCUT2D eigenvalue weighted by molar-refractivity contribution is -0.133. The van der Waals surface area contributed by atoms with Crippen LogP contribution in [0.1, 0.15) is 40.1 Å². The third-order valence-corrected chi connectivity index (χ3v) is 6.01. The molecule has 0 saturated heterocycles. The highest BCUT2D eigenvalue weighted by atomic mass is 16.5. The topological polar surface area (TPSA) is 115 Å². The van der Waals surface area contributed by atoms with Crippen molar-refractivity contribution < 1.29 is 33.4 Å². The molecule has 0 N–H and O–H groups in total. The molecule has 38 heavy (non-hydrogen) atoms. The molecule has 1 aliphatic heterocycles. The molecular weight excluding hydrogens is 490 g/mol. The number of fused-ring (bicyclic) bond motifs is 2. The fourth-order valence-corrected chi connectivity index (χ4v) is 4.39. The summed E-state index contributed by atoms with van der Waals surface area (Å²) in [6.45, 7) is 2.55. The summed E-state index contributed by atoms with van der Waals surface area (Å²) in [6.07, 6.45) is 1.60. The summed E-state index contributed by atoms with van der Waals surface area (Å²) < 4.78 is 16.6. The van der Waals surface area contributed by atoms with Crippen molar-refractivity contribution in [3.05, 3.63) is 82.9 Å². The summed E-state index contributed by atoms with van der Waals surface area (Å²) in [6, 6.07) is 13.3. The Hall–Kier alpha value is -4.99. The van der Waals surface area contributed by atoms with Crippen molar-refractivity contribution in [3.8, 4) is 17.2 Å². The fourth-order valence-electron chi connectivity index (χ4n) is 4.39. The SMILES string of the molecule is CC(=O)Oc1ccc(OC(C)=O)c2c1C(=O)C1=C(C2=O)N(c2ccc(N(C)C)nc2)Cc2ccccc2O1. The maximum absolute atomic E-state index is 14.2. The molecule has 2 aliphatic rings. The summed E-state index contributed by atoms with van der Waals surface area (Å²) in [5, 5.41) is 0. The maximum Gasteiger partial charge on any atom is 0.308 e. The number of carbonyl (C=O) groups excluding carboxylic acids is 4. The lowest BCUT2D eigenvalue weighted by Crippen LogP contribution is -2.35. The third-order valence-electron chi connectivity index (χ3n) is 6.01. The van der Waals surface area contributed by atoms with Gasteiger partial charge >= 0.3 is 11.9 Å². The number of hydrogen-bond acceptors (Lipinski definition) is 10. The summed E-state index contributed by atoms with van der Waals surface area (Å²) in [5.41, 5.74) is 0.802. The minimum Gasteiger partial charge on any atom is -0.450 e. The molecule has 2 heterocycles. The molecule has 0 fully saturated rings. The molecule has 5 rings (SSSR count). The minimum absolute atomic E-state index is 0.0496. The van der Waals surface area contributed by atoms with E-state index in [0.717, 1.165) is 5.56 Å². The van der Waals surface area contributed by atoms with Crippen LogP contribution in [0.5, 0.6) is 17.2 Å². The number of hydrogen-bond donors (Lipinski definition) is 0. The molecule has 0 unspecified atom stereocenters. The van der Waals surface area contributed by atoms with Gasteiger partial charge in [-0.3, -0.25) is 19.2 Å². The first-order valence-corrected chi connectivity index (χ1v) is 11.7. The Balaban J connectivity index is 1.75. The molecule has 0 saturated carbocycles. The van der Waals surface area contributed by atoms with E-state index in [-0.39, 0.29) is 40.6 Å². The number of allylic oxidation sites excluding steroid dienone is 2. The van der Waals surface area contributed by atoms with Crippen LogP contribution in [0.25, 0.3) is 0 Å². The van der Waals surface area contributed by atoms with Gasteiger partial charge in [-0.05, 0) is 30.3 Å². The predicted octanol–water partition coefficient (Wildman–Crippen LogP) is 3.69. The monoisotopic (exact) mass is 513 g/mol. The second-order valence-electron chi connectivity index (χ2n) is 8.90. The molecule has 0 amide bonds. The zero-order valence-corrected chi connectivity index (χ0v) is 21.1. The lowest BCUT2D eigenvalue weighted by atomic mass is 9.88. The minimum atomic E-state index is -0.695. The van der Waals surface area contributed by atoms with Crippen LogP contribution in [0.3, 0.4) is 0 Å². The first kappa shape index (κ1) is 24.7. The van der Waals surface area contributed by atoms with Gasteiger partial charge < -0.3 is 24.0 Å². The standard InChI is InChI=1S/C28H23N3O7/c1-15(32)36-20-10-11-21(37-16(2)33)24-23(20)26(34)25-28(27(24)35)38-19-8-6-5-7-17(19)14-31(25)18-9-12-22(29-13-18)30(3)4/h5-13H,14H2,1-4H3. The van der Waals surface area contributed by atoms with Gasteiger partial charge in [0.2, 0.25) is 17.3 Å². The van der Waals surface area contributed by atoms with Gasteiger partial charge in [0.1, 0.15) is 28.8 Å². The van der Waals surface area contributed by atoms with E-state index in [2.05, 4.69) is 4.98 Å². The van der Waals surface area contributed by atoms with E-state index in [1.807, 2.05) is 31.1 Å². The Bertz CT molecular complexity index is 1540. The number of carbonyl (C=O) groups is 4. The van der Waals surface area contributed by atoms with Crippen molar-refractivity contribution >= 4 is 35.0 Å². The summed E-state index contributed by atoms with van der Waals surface area (Å²) >= 11 is 0. The lowest BCUT2D eigenvalue weighted by Gasteiger charge is -2.29. The van der Waals surface area contributed by atoms with Crippen molar-refractivity contribution in [2.75, 3.05) is 23.9 Å². The van der Waals surface area contributed by atoms with Crippen molar-refractivity contribution in [1.82, 2.24) is 4.98 Å². The zero-order chi connectivity index (χ0) is 27.1. The normalized spacial score (nSPS) is 14.1. The zero-order valence-electron chi connectivity index (χ0n) is 21.1. The molecule has 10 nitrogen and oxygen atoms in total. The number of pyridine rings is 1. The van der Waals surface area contributed by atoms with Crippen LogP contribution in [0.15, 0.2) is 66.2 Å². The number of rotatable bonds is 4. The van der Waals surface area contributed by atoms with Crippen molar-refractivity contribution in [1.29, 1.82) is 0 Å². The number of ether oxygens (including phenoxy) is 3. The third kappa shape index (κ3) is 4.26. The number of anilines is 2. The Morgan fingerprint density at radius 2 is 1.53 bits per heavy atom. The van der Waals surface area contributed by atoms with Crippen LogP contribution in [0, 0.1) is 0 Å². The number of esters is 2. The van der Waals surface area contributed by atoms with Gasteiger partial charge in [-0.1, -0.05) is 18.2 Å². The number of para-hydroxylation sites is 1. The molecule has 0 atom stereocenters. The number of aromatic nitrogens is 1. The quantitative estimate of drug-likeness (QED) is 0.378. The van der Waals surface area contributed by atoms with Gasteiger partial charge in [0.15, 0.2) is 0 Å². The van der Waals surface area contributed by atoms with Gasteiger partial charge in [0, 0.05) is 33.5 Å². The van der Waals surface area contributed by atoms with Crippen LogP contribution in [0.2, 0.25) is 0 Å². The average molecular weight is 514 g/mol. The second-order valence-corrected chi connectivity index (χ2v) is 8.90. The van der Waals surface area contributed by atoms with Crippen LogP contribution in [-0.2, 0) is 16.1 Å².